The van der Waals surface area contributed by atoms with Gasteiger partial charge in [-0.15, -0.1) is 0 Å². The van der Waals surface area contributed by atoms with E-state index < -0.39 is 16.5 Å². The van der Waals surface area contributed by atoms with Crippen molar-refractivity contribution in [2.45, 2.75) is 104 Å². The Kier molecular flexibility index (Phi) is 7.43. The van der Waals surface area contributed by atoms with E-state index in [1.807, 2.05) is 0 Å². The summed E-state index contributed by atoms with van der Waals surface area (Å²) in [6.07, 6.45) is 14.1. The fourth-order valence-electron chi connectivity index (χ4n) is 8.93. The number of allylic oxidation sites excluding steroid dienone is 1. The van der Waals surface area contributed by atoms with E-state index in [-0.39, 0.29) is 5.41 Å². The maximum absolute atomic E-state index is 11.1. The molecule has 6 heteroatoms. The van der Waals surface area contributed by atoms with Gasteiger partial charge in [0.15, 0.2) is 0 Å². The molecule has 5 nitrogen and oxygen atoms in total. The van der Waals surface area contributed by atoms with Crippen LogP contribution in [-0.4, -0.2) is 30.8 Å². The van der Waals surface area contributed by atoms with Crippen LogP contribution in [0.4, 0.5) is 0 Å². The molecule has 0 bridgehead atoms. The molecule has 0 heterocycles. The first-order valence-corrected chi connectivity index (χ1v) is 14.8. The van der Waals surface area contributed by atoms with Gasteiger partial charge < -0.3 is 9.66 Å². The molecule has 0 radical (unpaired) electrons. The summed E-state index contributed by atoms with van der Waals surface area (Å²) in [6, 6.07) is 0. The van der Waals surface area contributed by atoms with Gasteiger partial charge >= 0.3 is 0 Å². The summed E-state index contributed by atoms with van der Waals surface area (Å²) in [6.45, 7) is 9.90. The smallest absolute Gasteiger partial charge is 0.217 e. The van der Waals surface area contributed by atoms with Crippen molar-refractivity contribution >= 4 is 10.4 Å². The lowest BCUT2D eigenvalue weighted by Gasteiger charge is -2.58. The van der Waals surface area contributed by atoms with Crippen molar-refractivity contribution in [1.29, 1.82) is 0 Å². The average molecular weight is 482 g/mol. The van der Waals surface area contributed by atoms with Gasteiger partial charge in [0.05, 0.1) is 6.10 Å². The molecule has 190 valence electrons. The third-order valence-electron chi connectivity index (χ3n) is 10.7. The second-order valence-electron chi connectivity index (χ2n) is 12.6. The average Bonchev–Trinajstić information content (AvgIpc) is 3.10. The summed E-state index contributed by atoms with van der Waals surface area (Å²) in [5.74, 6) is 4.14. The normalized spacial score (nSPS) is 42.6. The fraction of sp³-hybridized carbons (Fsp3) is 0.926. The molecule has 9 atom stereocenters. The van der Waals surface area contributed by atoms with Gasteiger partial charge in [-0.25, -0.2) is 8.42 Å². The minimum atomic E-state index is -4.64. The number of aliphatic hydroxyl groups is 1. The predicted molar refractivity (Wildman–Crippen MR) is 129 cm³/mol. The Morgan fingerprint density at radius 2 is 1.88 bits per heavy atom. The third-order valence-corrected chi connectivity index (χ3v) is 11.2. The second-order valence-corrected chi connectivity index (χ2v) is 13.6. The molecule has 0 aromatic heterocycles. The zero-order valence-corrected chi connectivity index (χ0v) is 21.9. The highest BCUT2D eigenvalue weighted by Crippen LogP contribution is 2.67. The van der Waals surface area contributed by atoms with Gasteiger partial charge in [-0.1, -0.05) is 52.2 Å². The first-order valence-electron chi connectivity index (χ1n) is 13.4. The van der Waals surface area contributed by atoms with Crippen LogP contribution < -0.4 is 0 Å². The van der Waals surface area contributed by atoms with Crippen molar-refractivity contribution in [1.82, 2.24) is 0 Å². The molecule has 0 amide bonds. The summed E-state index contributed by atoms with van der Waals surface area (Å²) in [4.78, 5) is 0. The van der Waals surface area contributed by atoms with E-state index in [2.05, 4.69) is 33.8 Å². The number of hydrogen-bond acceptors (Lipinski definition) is 5. The molecule has 4 rings (SSSR count). The molecule has 0 aliphatic heterocycles. The summed E-state index contributed by atoms with van der Waals surface area (Å²) >= 11 is 0. The zero-order valence-electron chi connectivity index (χ0n) is 21.1. The molecular weight excluding hydrogens is 436 g/mol. The third kappa shape index (κ3) is 4.96. The van der Waals surface area contributed by atoms with E-state index in [0.717, 1.165) is 42.9 Å². The molecule has 0 saturated heterocycles. The lowest BCUT2D eigenvalue weighted by Crippen LogP contribution is -2.51. The van der Waals surface area contributed by atoms with Crippen molar-refractivity contribution in [2.24, 2.45) is 46.3 Å². The van der Waals surface area contributed by atoms with Gasteiger partial charge in [0, 0.05) is 6.61 Å². The Morgan fingerprint density at radius 3 is 2.58 bits per heavy atom. The van der Waals surface area contributed by atoms with Crippen molar-refractivity contribution in [3.05, 3.63) is 11.6 Å². The molecule has 0 aromatic carbocycles. The summed E-state index contributed by atoms with van der Waals surface area (Å²) < 4.78 is 38.2. The molecule has 1 N–H and O–H groups in total. The minimum Gasteiger partial charge on any atom is -0.726 e. The number of hydrogen-bond donors (Lipinski definition) is 1. The predicted octanol–water partition coefficient (Wildman–Crippen LogP) is 5.85. The van der Waals surface area contributed by atoms with Crippen LogP contribution in [0.15, 0.2) is 11.6 Å². The second kappa shape index (κ2) is 9.55. The number of aliphatic hydroxyl groups excluding tert-OH is 1. The maximum Gasteiger partial charge on any atom is 0.217 e. The molecule has 3 fully saturated rings. The Labute approximate surface area is 201 Å². The molecule has 3 saturated carbocycles. The van der Waals surface area contributed by atoms with Crippen LogP contribution >= 0.6 is 0 Å². The highest BCUT2D eigenvalue weighted by Gasteiger charge is 2.59. The van der Waals surface area contributed by atoms with Gasteiger partial charge in [0.25, 0.3) is 0 Å². The van der Waals surface area contributed by atoms with Crippen LogP contribution in [0.2, 0.25) is 0 Å². The largest absolute Gasteiger partial charge is 0.726 e. The molecule has 0 spiro atoms. The van der Waals surface area contributed by atoms with Crippen molar-refractivity contribution < 1.29 is 22.3 Å². The molecule has 4 aliphatic rings. The zero-order chi connectivity index (χ0) is 24.0. The van der Waals surface area contributed by atoms with Gasteiger partial charge in [0.1, 0.15) is 0 Å². The quantitative estimate of drug-likeness (QED) is 0.267. The van der Waals surface area contributed by atoms with E-state index in [1.165, 1.54) is 44.1 Å². The Bertz CT molecular complexity index is 837. The van der Waals surface area contributed by atoms with Crippen molar-refractivity contribution in [2.75, 3.05) is 6.61 Å². The highest BCUT2D eigenvalue weighted by atomic mass is 32.3. The van der Waals surface area contributed by atoms with Crippen molar-refractivity contribution in [3.63, 3.8) is 0 Å². The SMILES string of the molecule is CC(CO)CCC[C@@H](C)[C@H]1CC[C@H]2[C@@H]3CC=C4C[C@@H](OS(=O)(=O)[O-])CC[C@]4(C)[C@H]3CC[C@]12C. The van der Waals surface area contributed by atoms with Crippen LogP contribution in [-0.2, 0) is 14.6 Å². The van der Waals surface area contributed by atoms with Crippen LogP contribution in [0.1, 0.15) is 98.3 Å². The highest BCUT2D eigenvalue weighted by molar-refractivity contribution is 7.80. The van der Waals surface area contributed by atoms with Crippen LogP contribution in [0, 0.1) is 46.3 Å². The van der Waals surface area contributed by atoms with E-state index in [1.54, 1.807) is 0 Å². The van der Waals surface area contributed by atoms with E-state index in [9.17, 15) is 18.1 Å². The van der Waals surface area contributed by atoms with Gasteiger partial charge in [-0.2, -0.15) is 0 Å². The first-order chi connectivity index (χ1) is 15.5. The number of fused-ring (bicyclic) bond motifs is 5. The van der Waals surface area contributed by atoms with E-state index in [4.69, 9.17) is 4.18 Å². The topological polar surface area (TPSA) is 86.7 Å². The van der Waals surface area contributed by atoms with Crippen molar-refractivity contribution in [3.8, 4) is 0 Å². The van der Waals surface area contributed by atoms with Gasteiger partial charge in [-0.3, -0.25) is 4.18 Å². The summed E-state index contributed by atoms with van der Waals surface area (Å²) in [7, 11) is -4.64. The molecule has 1 unspecified atom stereocenters. The Balaban J connectivity index is 1.45. The maximum atomic E-state index is 11.1. The molecule has 33 heavy (non-hydrogen) atoms. The summed E-state index contributed by atoms with van der Waals surface area (Å²) in [5.41, 5.74) is 1.90. The van der Waals surface area contributed by atoms with Gasteiger partial charge in [0.2, 0.25) is 10.4 Å². The van der Waals surface area contributed by atoms with Gasteiger partial charge in [-0.05, 0) is 104 Å². The molecule has 0 aromatic rings. The van der Waals surface area contributed by atoms with Crippen LogP contribution in [0.5, 0.6) is 0 Å². The lowest BCUT2D eigenvalue weighted by molar-refractivity contribution is -0.0561. The molecular formula is C27H45O5S-. The first kappa shape index (κ1) is 25.7. The number of rotatable bonds is 8. The van der Waals surface area contributed by atoms with Crippen LogP contribution in [0.25, 0.3) is 0 Å². The Morgan fingerprint density at radius 1 is 1.12 bits per heavy atom. The lowest BCUT2D eigenvalue weighted by atomic mass is 9.47. The summed E-state index contributed by atoms with van der Waals surface area (Å²) in [5, 5.41) is 9.33. The minimum absolute atomic E-state index is 0.126. The van der Waals surface area contributed by atoms with E-state index in [0.29, 0.717) is 36.7 Å². The standard InChI is InChI=1S/C27H46O5S/c1-18(17-28)6-5-7-19(2)23-10-11-24-22-9-8-20-16-21(32-33(29,30)31)12-14-26(20,3)25(22)13-15-27(23,24)4/h8,18-19,21-25,28H,5-7,9-17H2,1-4H3,(H,29,30,31)/p-1/t18?,19-,21+,22+,23-,24+,25+,26+,27-/m1/s1. The van der Waals surface area contributed by atoms with E-state index >= 15 is 0 Å². The Hall–Kier alpha value is -0.430. The monoisotopic (exact) mass is 481 g/mol. The fourth-order valence-corrected chi connectivity index (χ4v) is 9.43. The van der Waals surface area contributed by atoms with Crippen LogP contribution in [0.3, 0.4) is 0 Å². The molecule has 4 aliphatic carbocycles.